The molecule has 5 nitrogen and oxygen atoms in total. The molecule has 26 heavy (non-hydrogen) atoms. The molecule has 0 atom stereocenters. The third-order valence-corrected chi connectivity index (χ3v) is 3.88. The van der Waals surface area contributed by atoms with Crippen molar-refractivity contribution in [3.8, 4) is 0 Å². The van der Waals surface area contributed by atoms with E-state index >= 15 is 0 Å². The second-order valence-corrected chi connectivity index (χ2v) is 5.85. The number of unbranched alkanes of at least 4 members (excludes halogenated alkanes) is 3. The molecule has 0 heterocycles. The quantitative estimate of drug-likeness (QED) is 0.304. The summed E-state index contributed by atoms with van der Waals surface area (Å²) in [7, 11) is 0. The molecule has 0 saturated heterocycles. The molecule has 0 fully saturated rings. The number of carbonyl (C=O) groups excluding carboxylic acids is 2. The van der Waals surface area contributed by atoms with Crippen LogP contribution in [0, 0.1) is 6.57 Å². The molecule has 2 aromatic rings. The van der Waals surface area contributed by atoms with Gasteiger partial charge in [0.25, 0.3) is 0 Å². The van der Waals surface area contributed by atoms with Crippen LogP contribution >= 0.6 is 0 Å². The van der Waals surface area contributed by atoms with Crippen LogP contribution in [0.25, 0.3) is 4.85 Å². The number of nitrogens with one attached hydrogen (secondary N) is 1. The van der Waals surface area contributed by atoms with Crippen molar-refractivity contribution < 1.29 is 14.4 Å². The lowest BCUT2D eigenvalue weighted by molar-refractivity contribution is 0.0251. The fourth-order valence-corrected chi connectivity index (χ4v) is 2.43. The maximum absolute atomic E-state index is 12.3. The van der Waals surface area contributed by atoms with Gasteiger partial charge < -0.3 is 9.68 Å². The number of hydroxylamine groups is 1. The van der Waals surface area contributed by atoms with Crippen molar-refractivity contribution in [1.29, 1.82) is 0 Å². The van der Waals surface area contributed by atoms with Crippen molar-refractivity contribution in [3.63, 3.8) is 0 Å². The second kappa shape index (κ2) is 10.8. The van der Waals surface area contributed by atoms with E-state index in [1.54, 1.807) is 36.4 Å². The van der Waals surface area contributed by atoms with Crippen LogP contribution < -0.4 is 5.48 Å². The van der Waals surface area contributed by atoms with Gasteiger partial charge in [-0.25, -0.2) is 11.4 Å². The molecule has 0 aliphatic carbocycles. The Bertz CT molecular complexity index is 749. The van der Waals surface area contributed by atoms with Crippen molar-refractivity contribution in [3.05, 3.63) is 82.7 Å². The Kier molecular flexibility index (Phi) is 8.04. The van der Waals surface area contributed by atoms with Crippen LogP contribution in [0.5, 0.6) is 0 Å². The summed E-state index contributed by atoms with van der Waals surface area (Å²) in [4.78, 5) is 32.6. The number of ketones is 1. The summed E-state index contributed by atoms with van der Waals surface area (Å²) in [6.07, 6.45) is 3.80. The Morgan fingerprint density at radius 3 is 2.15 bits per heavy atom. The summed E-state index contributed by atoms with van der Waals surface area (Å²) in [5.41, 5.74) is 4.19. The van der Waals surface area contributed by atoms with Crippen molar-refractivity contribution in [1.82, 2.24) is 5.48 Å². The molecule has 0 bridgehead atoms. The lowest BCUT2D eigenvalue weighted by atomic mass is 10.0. The first-order chi connectivity index (χ1) is 12.7. The van der Waals surface area contributed by atoms with Crippen LogP contribution in [0.15, 0.2) is 54.6 Å². The molecule has 5 heteroatoms. The van der Waals surface area contributed by atoms with Gasteiger partial charge in [0.1, 0.15) is 0 Å². The van der Waals surface area contributed by atoms with Gasteiger partial charge in [0.15, 0.2) is 5.78 Å². The number of rotatable bonds is 10. The molecule has 0 aromatic heterocycles. The van der Waals surface area contributed by atoms with Gasteiger partial charge in [-0.15, -0.1) is 0 Å². The molecule has 0 saturated carbocycles. The SMILES string of the molecule is [C-]#[N+]CCCCCCNOC(=O)c1ccc(C(=O)c2ccccc2)cc1. The van der Waals surface area contributed by atoms with Crippen molar-refractivity contribution >= 4 is 11.8 Å². The third-order valence-electron chi connectivity index (χ3n) is 3.88. The Labute approximate surface area is 153 Å². The van der Waals surface area contributed by atoms with E-state index in [1.807, 2.05) is 18.2 Å². The predicted octanol–water partition coefficient (Wildman–Crippen LogP) is 4.06. The number of benzene rings is 2. The van der Waals surface area contributed by atoms with Crippen LogP contribution in [0.3, 0.4) is 0 Å². The molecule has 0 aliphatic heterocycles. The second-order valence-electron chi connectivity index (χ2n) is 5.85. The highest BCUT2D eigenvalue weighted by Gasteiger charge is 2.11. The average molecular weight is 350 g/mol. The fourth-order valence-electron chi connectivity index (χ4n) is 2.43. The largest absolute Gasteiger partial charge is 0.367 e. The minimum atomic E-state index is -0.475. The van der Waals surface area contributed by atoms with Crippen molar-refractivity contribution in [2.24, 2.45) is 0 Å². The summed E-state index contributed by atoms with van der Waals surface area (Å²) in [5.74, 6) is -0.557. The van der Waals surface area contributed by atoms with E-state index in [0.717, 1.165) is 25.7 Å². The van der Waals surface area contributed by atoms with Crippen molar-refractivity contribution in [2.75, 3.05) is 13.1 Å². The molecule has 0 radical (unpaired) electrons. The van der Waals surface area contributed by atoms with Gasteiger partial charge in [-0.3, -0.25) is 4.79 Å². The summed E-state index contributed by atoms with van der Waals surface area (Å²) < 4.78 is 0. The molecule has 134 valence electrons. The Hall–Kier alpha value is -2.97. The summed E-state index contributed by atoms with van der Waals surface area (Å²) in [5, 5.41) is 0. The minimum Gasteiger partial charge on any atom is -0.367 e. The highest BCUT2D eigenvalue weighted by molar-refractivity contribution is 6.09. The Morgan fingerprint density at radius 1 is 0.846 bits per heavy atom. The molecule has 1 N–H and O–H groups in total. The van der Waals surface area contributed by atoms with Gasteiger partial charge >= 0.3 is 5.97 Å². The molecule has 0 aliphatic rings. The van der Waals surface area contributed by atoms with E-state index in [9.17, 15) is 9.59 Å². The summed E-state index contributed by atoms with van der Waals surface area (Å²) in [6.45, 7) is 7.85. The van der Waals surface area contributed by atoms with E-state index in [1.165, 1.54) is 0 Å². The van der Waals surface area contributed by atoms with Gasteiger partial charge in [-0.2, -0.15) is 5.48 Å². The summed E-state index contributed by atoms with van der Waals surface area (Å²) in [6, 6.07) is 15.4. The Morgan fingerprint density at radius 2 is 1.46 bits per heavy atom. The lowest BCUT2D eigenvalue weighted by Crippen LogP contribution is -2.21. The van der Waals surface area contributed by atoms with Gasteiger partial charge in [0.05, 0.1) is 5.56 Å². The van der Waals surface area contributed by atoms with Crippen molar-refractivity contribution in [2.45, 2.75) is 25.7 Å². The third kappa shape index (κ3) is 6.15. The van der Waals surface area contributed by atoms with Gasteiger partial charge in [0, 0.05) is 24.1 Å². The molecule has 2 aromatic carbocycles. The highest BCUT2D eigenvalue weighted by Crippen LogP contribution is 2.11. The van der Waals surface area contributed by atoms with Crippen LogP contribution in [-0.4, -0.2) is 24.8 Å². The van der Waals surface area contributed by atoms with E-state index in [2.05, 4.69) is 10.3 Å². The van der Waals surface area contributed by atoms with Gasteiger partial charge in [0.2, 0.25) is 6.54 Å². The molecular weight excluding hydrogens is 328 g/mol. The monoisotopic (exact) mass is 350 g/mol. The van der Waals surface area contributed by atoms with Crippen LogP contribution in [0.2, 0.25) is 0 Å². The van der Waals surface area contributed by atoms with E-state index in [-0.39, 0.29) is 5.78 Å². The maximum atomic E-state index is 12.3. The predicted molar refractivity (Wildman–Crippen MR) is 99.7 cm³/mol. The minimum absolute atomic E-state index is 0.0816. The first kappa shape index (κ1) is 19.4. The first-order valence-corrected chi connectivity index (χ1v) is 8.69. The smallest absolute Gasteiger partial charge is 0.356 e. The molecular formula is C21H22N2O3. The topological polar surface area (TPSA) is 59.8 Å². The van der Waals surface area contributed by atoms with Crippen LogP contribution in [0.4, 0.5) is 0 Å². The Balaban J connectivity index is 1.75. The standard InChI is InChI=1S/C21H22N2O3/c1-22-15-7-2-3-8-16-23-26-21(25)19-13-11-18(12-14-19)20(24)17-9-5-4-6-10-17/h4-6,9-14,23H,2-3,7-8,15-16H2. The number of hydrogen-bond acceptors (Lipinski definition) is 4. The number of hydrogen-bond donors (Lipinski definition) is 1. The zero-order valence-corrected chi connectivity index (χ0v) is 14.6. The lowest BCUT2D eigenvalue weighted by Gasteiger charge is -2.06. The zero-order chi connectivity index (χ0) is 18.6. The van der Waals surface area contributed by atoms with E-state index in [4.69, 9.17) is 11.4 Å². The first-order valence-electron chi connectivity index (χ1n) is 8.69. The van der Waals surface area contributed by atoms with Crippen LogP contribution in [-0.2, 0) is 4.84 Å². The molecule has 0 unspecified atom stereocenters. The molecule has 2 rings (SSSR count). The molecule has 0 amide bonds. The van der Waals surface area contributed by atoms with Crippen LogP contribution in [0.1, 0.15) is 52.0 Å². The van der Waals surface area contributed by atoms with E-state index in [0.29, 0.717) is 29.8 Å². The highest BCUT2D eigenvalue weighted by atomic mass is 16.7. The van der Waals surface area contributed by atoms with E-state index < -0.39 is 5.97 Å². The molecule has 0 spiro atoms. The normalized spacial score (nSPS) is 10.1. The van der Waals surface area contributed by atoms with Gasteiger partial charge in [-0.05, 0) is 25.0 Å². The fraction of sp³-hybridized carbons (Fsp3) is 0.286. The zero-order valence-electron chi connectivity index (χ0n) is 14.6. The number of nitrogens with zero attached hydrogens (tertiary/aromatic N) is 1. The average Bonchev–Trinajstić information content (AvgIpc) is 2.70. The number of carbonyl (C=O) groups is 2. The van der Waals surface area contributed by atoms with Gasteiger partial charge in [-0.1, -0.05) is 48.9 Å². The summed E-state index contributed by atoms with van der Waals surface area (Å²) >= 11 is 0. The maximum Gasteiger partial charge on any atom is 0.356 e.